The Bertz CT molecular complexity index is 552. The summed E-state index contributed by atoms with van der Waals surface area (Å²) in [6.45, 7) is 2.04. The third-order valence-electron chi connectivity index (χ3n) is 3.14. The van der Waals surface area contributed by atoms with Crippen molar-refractivity contribution in [1.29, 1.82) is 0 Å². The summed E-state index contributed by atoms with van der Waals surface area (Å²) in [5, 5.41) is 0.407. The van der Waals surface area contributed by atoms with Gasteiger partial charge in [-0.05, 0) is 36.6 Å². The average Bonchev–Trinajstić information content (AvgIpc) is 2.42. The van der Waals surface area contributed by atoms with Crippen LogP contribution in [0.5, 0.6) is 0 Å². The van der Waals surface area contributed by atoms with Crippen LogP contribution in [-0.2, 0) is 12.8 Å². The van der Waals surface area contributed by atoms with Crippen molar-refractivity contribution in [2.75, 3.05) is 0 Å². The highest BCUT2D eigenvalue weighted by atomic mass is 35.5. The summed E-state index contributed by atoms with van der Waals surface area (Å²) in [6.07, 6.45) is 2.90. The molecule has 0 amide bonds. The van der Waals surface area contributed by atoms with Crippen LogP contribution >= 0.6 is 11.6 Å². The fourth-order valence-corrected chi connectivity index (χ4v) is 2.37. The summed E-state index contributed by atoms with van der Waals surface area (Å²) in [7, 11) is 0. The van der Waals surface area contributed by atoms with Crippen molar-refractivity contribution in [3.63, 3.8) is 0 Å². The number of nitrogens with zero attached hydrogens (tertiary/aromatic N) is 1. The maximum Gasteiger partial charge on any atom is 0.127 e. The predicted octanol–water partition coefficient (Wildman–Crippen LogP) is 3.68. The Hall–Kier alpha value is -1.45. The molecule has 1 atom stereocenters. The van der Waals surface area contributed by atoms with Crippen molar-refractivity contribution >= 4 is 11.6 Å². The van der Waals surface area contributed by atoms with E-state index in [-0.39, 0.29) is 11.9 Å². The van der Waals surface area contributed by atoms with Crippen LogP contribution in [0, 0.1) is 5.82 Å². The molecule has 0 bridgehead atoms. The fourth-order valence-electron chi connectivity index (χ4n) is 2.13. The van der Waals surface area contributed by atoms with E-state index in [1.54, 1.807) is 18.3 Å². The number of aryl methyl sites for hydroxylation is 1. The van der Waals surface area contributed by atoms with Crippen LogP contribution in [0.2, 0.25) is 5.02 Å². The number of halogens is 2. The second kappa shape index (κ2) is 6.13. The van der Waals surface area contributed by atoms with Crippen molar-refractivity contribution in [2.45, 2.75) is 25.8 Å². The molecule has 0 saturated heterocycles. The Morgan fingerprint density at radius 3 is 2.79 bits per heavy atom. The van der Waals surface area contributed by atoms with Gasteiger partial charge in [0.05, 0.1) is 11.7 Å². The summed E-state index contributed by atoms with van der Waals surface area (Å²) < 4.78 is 13.7. The molecular formula is C15H16ClFN2. The van der Waals surface area contributed by atoms with Crippen LogP contribution in [0.4, 0.5) is 4.39 Å². The topological polar surface area (TPSA) is 38.9 Å². The molecule has 2 aromatic rings. The molecule has 1 aromatic heterocycles. The lowest BCUT2D eigenvalue weighted by Gasteiger charge is -2.15. The first-order valence-corrected chi connectivity index (χ1v) is 6.63. The van der Waals surface area contributed by atoms with E-state index in [1.807, 2.05) is 19.1 Å². The minimum atomic E-state index is -0.356. The second-order valence-corrected chi connectivity index (χ2v) is 4.82. The molecule has 1 unspecified atom stereocenters. The maximum absolute atomic E-state index is 13.7. The van der Waals surface area contributed by atoms with E-state index in [4.69, 9.17) is 17.3 Å². The first-order valence-electron chi connectivity index (χ1n) is 6.25. The minimum Gasteiger partial charge on any atom is -0.322 e. The zero-order valence-corrected chi connectivity index (χ0v) is 11.5. The highest BCUT2D eigenvalue weighted by Gasteiger charge is 2.16. The number of pyridine rings is 1. The molecular weight excluding hydrogens is 263 g/mol. The highest BCUT2D eigenvalue weighted by molar-refractivity contribution is 6.31. The molecule has 0 saturated carbocycles. The summed E-state index contributed by atoms with van der Waals surface area (Å²) in [5.41, 5.74) is 8.50. The molecule has 19 heavy (non-hydrogen) atoms. The first-order chi connectivity index (χ1) is 9.13. The van der Waals surface area contributed by atoms with Gasteiger partial charge in [-0.3, -0.25) is 4.98 Å². The van der Waals surface area contributed by atoms with Gasteiger partial charge in [-0.1, -0.05) is 30.7 Å². The van der Waals surface area contributed by atoms with Crippen molar-refractivity contribution in [1.82, 2.24) is 4.98 Å². The molecule has 2 rings (SSSR count). The molecule has 0 fully saturated rings. The molecule has 100 valence electrons. The van der Waals surface area contributed by atoms with Gasteiger partial charge in [0.25, 0.3) is 0 Å². The van der Waals surface area contributed by atoms with Gasteiger partial charge < -0.3 is 5.73 Å². The van der Waals surface area contributed by atoms with E-state index in [0.29, 0.717) is 17.0 Å². The Kier molecular flexibility index (Phi) is 4.51. The van der Waals surface area contributed by atoms with Gasteiger partial charge in [-0.15, -0.1) is 0 Å². The van der Waals surface area contributed by atoms with Gasteiger partial charge in [-0.25, -0.2) is 4.39 Å². The number of benzene rings is 1. The van der Waals surface area contributed by atoms with E-state index < -0.39 is 0 Å². The normalized spacial score (nSPS) is 12.4. The fraction of sp³-hybridized carbons (Fsp3) is 0.267. The predicted molar refractivity (Wildman–Crippen MR) is 75.7 cm³/mol. The average molecular weight is 279 g/mol. The van der Waals surface area contributed by atoms with Crippen LogP contribution < -0.4 is 5.73 Å². The zero-order valence-electron chi connectivity index (χ0n) is 10.7. The molecule has 2 N–H and O–H groups in total. The van der Waals surface area contributed by atoms with E-state index in [9.17, 15) is 4.39 Å². The Morgan fingerprint density at radius 1 is 1.32 bits per heavy atom. The minimum absolute atomic E-state index is 0.322. The quantitative estimate of drug-likeness (QED) is 0.927. The summed E-state index contributed by atoms with van der Waals surface area (Å²) in [6, 6.07) is 8.17. The molecule has 0 aliphatic carbocycles. The molecule has 0 aliphatic rings. The smallest absolute Gasteiger partial charge is 0.127 e. The molecule has 0 radical (unpaired) electrons. The highest BCUT2D eigenvalue weighted by Crippen LogP contribution is 2.25. The Balaban J connectivity index is 2.28. The number of aromatic nitrogens is 1. The van der Waals surface area contributed by atoms with E-state index in [1.165, 1.54) is 6.07 Å². The van der Waals surface area contributed by atoms with E-state index >= 15 is 0 Å². The lowest BCUT2D eigenvalue weighted by Crippen LogP contribution is -2.17. The SMILES string of the molecule is CCc1cccnc1C(N)Cc1c(F)cccc1Cl. The summed E-state index contributed by atoms with van der Waals surface area (Å²) >= 11 is 6.02. The lowest BCUT2D eigenvalue weighted by atomic mass is 9.99. The van der Waals surface area contributed by atoms with Crippen molar-refractivity contribution in [3.05, 3.63) is 64.2 Å². The molecule has 1 heterocycles. The van der Waals surface area contributed by atoms with E-state index in [0.717, 1.165) is 17.7 Å². The maximum atomic E-state index is 13.7. The lowest BCUT2D eigenvalue weighted by molar-refractivity contribution is 0.588. The Labute approximate surface area is 117 Å². The van der Waals surface area contributed by atoms with Crippen molar-refractivity contribution in [3.8, 4) is 0 Å². The van der Waals surface area contributed by atoms with Crippen LogP contribution in [-0.4, -0.2) is 4.98 Å². The number of nitrogens with two attached hydrogens (primary N) is 1. The largest absolute Gasteiger partial charge is 0.322 e. The van der Waals surface area contributed by atoms with Gasteiger partial charge in [0, 0.05) is 16.8 Å². The van der Waals surface area contributed by atoms with Crippen LogP contribution in [0.3, 0.4) is 0 Å². The van der Waals surface area contributed by atoms with Gasteiger partial charge in [-0.2, -0.15) is 0 Å². The number of hydrogen-bond donors (Lipinski definition) is 1. The number of hydrogen-bond acceptors (Lipinski definition) is 2. The van der Waals surface area contributed by atoms with Crippen LogP contribution in [0.15, 0.2) is 36.5 Å². The van der Waals surface area contributed by atoms with Gasteiger partial charge in [0.1, 0.15) is 5.82 Å². The summed E-state index contributed by atoms with van der Waals surface area (Å²) in [5.74, 6) is -0.322. The Morgan fingerprint density at radius 2 is 2.11 bits per heavy atom. The van der Waals surface area contributed by atoms with Crippen LogP contribution in [0.1, 0.15) is 29.8 Å². The van der Waals surface area contributed by atoms with E-state index in [2.05, 4.69) is 4.98 Å². The standard InChI is InChI=1S/C15H16ClFN2/c1-2-10-5-4-8-19-15(10)14(18)9-11-12(16)6-3-7-13(11)17/h3-8,14H,2,9,18H2,1H3. The first kappa shape index (κ1) is 14.0. The molecule has 4 heteroatoms. The number of rotatable bonds is 4. The van der Waals surface area contributed by atoms with Crippen molar-refractivity contribution < 1.29 is 4.39 Å². The third kappa shape index (κ3) is 3.11. The van der Waals surface area contributed by atoms with Crippen molar-refractivity contribution in [2.24, 2.45) is 5.73 Å². The molecule has 0 spiro atoms. The third-order valence-corrected chi connectivity index (χ3v) is 3.50. The zero-order chi connectivity index (χ0) is 13.8. The summed E-state index contributed by atoms with van der Waals surface area (Å²) in [4.78, 5) is 4.31. The monoisotopic (exact) mass is 278 g/mol. The van der Waals surface area contributed by atoms with Crippen LogP contribution in [0.25, 0.3) is 0 Å². The molecule has 0 aliphatic heterocycles. The molecule has 2 nitrogen and oxygen atoms in total. The van der Waals surface area contributed by atoms with Gasteiger partial charge in [0.2, 0.25) is 0 Å². The van der Waals surface area contributed by atoms with Gasteiger partial charge >= 0.3 is 0 Å². The molecule has 1 aromatic carbocycles. The van der Waals surface area contributed by atoms with Gasteiger partial charge in [0.15, 0.2) is 0 Å². The second-order valence-electron chi connectivity index (χ2n) is 4.41.